The summed E-state index contributed by atoms with van der Waals surface area (Å²) in [5.74, 6) is 2.34. The maximum Gasteiger partial charge on any atom is 0.232 e. The van der Waals surface area contributed by atoms with Gasteiger partial charge in [0.2, 0.25) is 5.91 Å². The number of carbonyl (C=O) groups excluding carboxylic acids is 1. The van der Waals surface area contributed by atoms with E-state index in [1.165, 1.54) is 0 Å². The van der Waals surface area contributed by atoms with E-state index in [0.717, 1.165) is 37.4 Å². The number of thioether (sulfide) groups is 1. The van der Waals surface area contributed by atoms with Gasteiger partial charge < -0.3 is 14.4 Å². The minimum atomic E-state index is 0.157. The van der Waals surface area contributed by atoms with Crippen LogP contribution >= 0.6 is 11.8 Å². The van der Waals surface area contributed by atoms with Crippen molar-refractivity contribution in [2.75, 3.05) is 32.2 Å². The molecule has 0 saturated carbocycles. The number of rotatable bonds is 5. The Kier molecular flexibility index (Phi) is 5.59. The number of ether oxygens (including phenoxy) is 2. The largest absolute Gasteiger partial charge is 0.493 e. The van der Waals surface area contributed by atoms with Crippen molar-refractivity contribution in [3.63, 3.8) is 0 Å². The van der Waals surface area contributed by atoms with Gasteiger partial charge in [-0.1, -0.05) is 12.1 Å². The minimum Gasteiger partial charge on any atom is -0.493 e. The Hall–Kier alpha value is -1.36. The molecule has 4 nitrogen and oxygen atoms in total. The van der Waals surface area contributed by atoms with E-state index in [-0.39, 0.29) is 12.0 Å². The molecule has 0 atom stereocenters. The van der Waals surface area contributed by atoms with Crippen LogP contribution in [0.1, 0.15) is 12.8 Å². The standard InChI is InChI=1S/C15H21NO3S/c1-18-13-5-3-4-6-14(13)19-12-7-9-16(10-8-12)15(17)11-20-2/h3-6,12H,7-11H2,1-2H3. The minimum absolute atomic E-state index is 0.157. The van der Waals surface area contributed by atoms with Gasteiger partial charge in [-0.3, -0.25) is 4.79 Å². The third-order valence-electron chi connectivity index (χ3n) is 3.43. The maximum atomic E-state index is 11.8. The van der Waals surface area contributed by atoms with Crippen molar-refractivity contribution in [3.8, 4) is 11.5 Å². The number of benzene rings is 1. The molecule has 1 heterocycles. The van der Waals surface area contributed by atoms with Crippen molar-refractivity contribution >= 4 is 17.7 Å². The van der Waals surface area contributed by atoms with E-state index in [1.807, 2.05) is 35.4 Å². The summed E-state index contributed by atoms with van der Waals surface area (Å²) in [5, 5.41) is 0. The number of methoxy groups -OCH3 is 1. The van der Waals surface area contributed by atoms with E-state index in [2.05, 4.69) is 0 Å². The van der Waals surface area contributed by atoms with E-state index < -0.39 is 0 Å². The van der Waals surface area contributed by atoms with Crippen LogP contribution in [0.15, 0.2) is 24.3 Å². The van der Waals surface area contributed by atoms with Crippen molar-refractivity contribution in [1.82, 2.24) is 4.90 Å². The van der Waals surface area contributed by atoms with E-state index >= 15 is 0 Å². The van der Waals surface area contributed by atoms with Crippen LogP contribution < -0.4 is 9.47 Å². The summed E-state index contributed by atoms with van der Waals surface area (Å²) >= 11 is 1.57. The molecule has 1 amide bonds. The number of piperidine rings is 1. The van der Waals surface area contributed by atoms with Crippen molar-refractivity contribution in [1.29, 1.82) is 0 Å². The van der Waals surface area contributed by atoms with Crippen LogP contribution in [0.25, 0.3) is 0 Å². The SMILES string of the molecule is COc1ccccc1OC1CCN(C(=O)CSC)CC1. The average molecular weight is 295 g/mol. The molecule has 2 rings (SSSR count). The monoisotopic (exact) mass is 295 g/mol. The first-order valence-corrected chi connectivity index (χ1v) is 8.20. The molecule has 5 heteroatoms. The molecule has 20 heavy (non-hydrogen) atoms. The Morgan fingerprint density at radius 1 is 1.30 bits per heavy atom. The van der Waals surface area contributed by atoms with Crippen molar-refractivity contribution in [2.24, 2.45) is 0 Å². The fourth-order valence-electron chi connectivity index (χ4n) is 2.33. The van der Waals surface area contributed by atoms with Gasteiger partial charge in [-0.2, -0.15) is 11.8 Å². The Bertz CT molecular complexity index is 444. The Labute approximate surface area is 124 Å². The molecule has 1 aliphatic rings. The zero-order valence-electron chi connectivity index (χ0n) is 12.0. The molecule has 1 aliphatic heterocycles. The third kappa shape index (κ3) is 3.82. The van der Waals surface area contributed by atoms with Gasteiger partial charge in [-0.05, 0) is 18.4 Å². The van der Waals surface area contributed by atoms with Crippen molar-refractivity contribution < 1.29 is 14.3 Å². The first kappa shape index (κ1) is 15.0. The highest BCUT2D eigenvalue weighted by molar-refractivity contribution is 7.99. The molecule has 1 fully saturated rings. The first-order chi connectivity index (χ1) is 9.74. The lowest BCUT2D eigenvalue weighted by Gasteiger charge is -2.32. The number of hydrogen-bond donors (Lipinski definition) is 0. The summed E-state index contributed by atoms with van der Waals surface area (Å²) in [6.45, 7) is 1.55. The van der Waals surface area contributed by atoms with Crippen LogP contribution in [0.5, 0.6) is 11.5 Å². The predicted molar refractivity (Wildman–Crippen MR) is 81.6 cm³/mol. The van der Waals surface area contributed by atoms with Gasteiger partial charge in [0, 0.05) is 25.9 Å². The van der Waals surface area contributed by atoms with E-state index in [0.29, 0.717) is 5.75 Å². The molecule has 1 aromatic rings. The second-order valence-electron chi connectivity index (χ2n) is 4.78. The highest BCUT2D eigenvalue weighted by Gasteiger charge is 2.24. The molecular formula is C15H21NO3S. The predicted octanol–water partition coefficient (Wildman–Crippen LogP) is 2.43. The summed E-state index contributed by atoms with van der Waals surface area (Å²) in [6, 6.07) is 7.68. The van der Waals surface area contributed by atoms with Gasteiger partial charge >= 0.3 is 0 Å². The summed E-state index contributed by atoms with van der Waals surface area (Å²) < 4.78 is 11.3. The van der Waals surface area contributed by atoms with Crippen LogP contribution in [-0.2, 0) is 4.79 Å². The first-order valence-electron chi connectivity index (χ1n) is 6.81. The van der Waals surface area contributed by atoms with E-state index in [9.17, 15) is 4.79 Å². The highest BCUT2D eigenvalue weighted by atomic mass is 32.2. The van der Waals surface area contributed by atoms with Crippen LogP contribution in [0, 0.1) is 0 Å². The zero-order valence-corrected chi connectivity index (χ0v) is 12.8. The number of nitrogens with zero attached hydrogens (tertiary/aromatic N) is 1. The molecule has 0 aromatic heterocycles. The molecule has 0 spiro atoms. The van der Waals surface area contributed by atoms with Gasteiger partial charge in [0.25, 0.3) is 0 Å². The molecule has 0 bridgehead atoms. The summed E-state index contributed by atoms with van der Waals surface area (Å²) in [7, 11) is 1.64. The lowest BCUT2D eigenvalue weighted by Crippen LogP contribution is -2.42. The third-order valence-corrected chi connectivity index (χ3v) is 3.96. The lowest BCUT2D eigenvalue weighted by atomic mass is 10.1. The van der Waals surface area contributed by atoms with E-state index in [1.54, 1.807) is 18.9 Å². The molecule has 0 unspecified atom stereocenters. The molecule has 0 radical (unpaired) electrons. The number of carbonyl (C=O) groups is 1. The number of hydrogen-bond acceptors (Lipinski definition) is 4. The molecular weight excluding hydrogens is 274 g/mol. The molecule has 0 aliphatic carbocycles. The number of likely N-dealkylation sites (tertiary alicyclic amines) is 1. The second-order valence-corrected chi connectivity index (χ2v) is 5.65. The summed E-state index contributed by atoms with van der Waals surface area (Å²) in [6.07, 6.45) is 3.86. The Morgan fingerprint density at radius 2 is 1.95 bits per heavy atom. The quantitative estimate of drug-likeness (QED) is 0.836. The molecule has 0 N–H and O–H groups in total. The molecule has 1 aromatic carbocycles. The van der Waals surface area contributed by atoms with Gasteiger partial charge in [0.1, 0.15) is 6.10 Å². The number of para-hydroxylation sites is 2. The second kappa shape index (κ2) is 7.43. The topological polar surface area (TPSA) is 38.8 Å². The summed E-state index contributed by atoms with van der Waals surface area (Å²) in [5.41, 5.74) is 0. The maximum absolute atomic E-state index is 11.8. The highest BCUT2D eigenvalue weighted by Crippen LogP contribution is 2.28. The summed E-state index contributed by atoms with van der Waals surface area (Å²) in [4.78, 5) is 13.7. The molecule has 1 saturated heterocycles. The van der Waals surface area contributed by atoms with Crippen LogP contribution in [0.4, 0.5) is 0 Å². The number of amides is 1. The Morgan fingerprint density at radius 3 is 2.55 bits per heavy atom. The smallest absolute Gasteiger partial charge is 0.232 e. The van der Waals surface area contributed by atoms with E-state index in [4.69, 9.17) is 9.47 Å². The van der Waals surface area contributed by atoms with Gasteiger partial charge in [-0.15, -0.1) is 0 Å². The Balaban J connectivity index is 1.87. The van der Waals surface area contributed by atoms with Gasteiger partial charge in [-0.25, -0.2) is 0 Å². The van der Waals surface area contributed by atoms with Crippen molar-refractivity contribution in [2.45, 2.75) is 18.9 Å². The normalized spacial score (nSPS) is 16.0. The van der Waals surface area contributed by atoms with Gasteiger partial charge in [0.05, 0.1) is 12.9 Å². The van der Waals surface area contributed by atoms with Crippen LogP contribution in [-0.4, -0.2) is 49.1 Å². The van der Waals surface area contributed by atoms with Gasteiger partial charge in [0.15, 0.2) is 11.5 Å². The zero-order chi connectivity index (χ0) is 14.4. The fourth-order valence-corrected chi connectivity index (χ4v) is 2.76. The fraction of sp³-hybridized carbons (Fsp3) is 0.533. The molecule has 110 valence electrons. The average Bonchev–Trinajstić information content (AvgIpc) is 2.49. The van der Waals surface area contributed by atoms with Crippen molar-refractivity contribution in [3.05, 3.63) is 24.3 Å². The van der Waals surface area contributed by atoms with Crippen LogP contribution in [0.2, 0.25) is 0 Å². The lowest BCUT2D eigenvalue weighted by molar-refractivity contribution is -0.130. The van der Waals surface area contributed by atoms with Crippen LogP contribution in [0.3, 0.4) is 0 Å².